The fourth-order valence-electron chi connectivity index (χ4n) is 2.54. The predicted molar refractivity (Wildman–Crippen MR) is 81.1 cm³/mol. The Morgan fingerprint density at radius 2 is 1.82 bits per heavy atom. The molecule has 0 saturated carbocycles. The van der Waals surface area contributed by atoms with Crippen LogP contribution in [0.3, 0.4) is 0 Å². The van der Waals surface area contributed by atoms with Crippen molar-refractivity contribution in [2.75, 3.05) is 33.3 Å². The Labute approximate surface area is 130 Å². The van der Waals surface area contributed by atoms with E-state index < -0.39 is 10.0 Å². The molecule has 7 nitrogen and oxygen atoms in total. The summed E-state index contributed by atoms with van der Waals surface area (Å²) < 4.78 is 31.6. The van der Waals surface area contributed by atoms with Crippen LogP contribution in [-0.4, -0.2) is 58.0 Å². The Morgan fingerprint density at radius 1 is 1.27 bits per heavy atom. The first-order valence-electron chi connectivity index (χ1n) is 7.14. The molecule has 22 heavy (non-hydrogen) atoms. The molecule has 1 aromatic carbocycles. The summed E-state index contributed by atoms with van der Waals surface area (Å²) in [6, 6.07) is 6.04. The highest BCUT2D eigenvalue weighted by Crippen LogP contribution is 2.19. The molecule has 1 aliphatic heterocycles. The highest BCUT2D eigenvalue weighted by atomic mass is 32.2. The van der Waals surface area contributed by atoms with Crippen molar-refractivity contribution in [3.63, 3.8) is 0 Å². The van der Waals surface area contributed by atoms with Crippen molar-refractivity contribution in [3.05, 3.63) is 24.3 Å². The van der Waals surface area contributed by atoms with Crippen LogP contribution in [0, 0.1) is 0 Å². The van der Waals surface area contributed by atoms with E-state index in [0.717, 1.165) is 4.90 Å². The number of hydrogen-bond donors (Lipinski definition) is 2. The van der Waals surface area contributed by atoms with Crippen molar-refractivity contribution in [1.82, 2.24) is 4.31 Å². The second kappa shape index (κ2) is 6.64. The monoisotopic (exact) mass is 328 g/mol. The van der Waals surface area contributed by atoms with E-state index in [1.165, 1.54) is 11.4 Å². The van der Waals surface area contributed by atoms with Crippen LogP contribution < -0.4 is 15.4 Å². The van der Waals surface area contributed by atoms with Gasteiger partial charge in [0.25, 0.3) is 5.91 Å². The van der Waals surface area contributed by atoms with Crippen molar-refractivity contribution >= 4 is 15.9 Å². The van der Waals surface area contributed by atoms with Crippen molar-refractivity contribution in [1.29, 1.82) is 0 Å². The molecular formula is C14H22N3O4S+. The molecule has 1 fully saturated rings. The second-order valence-corrected chi connectivity index (χ2v) is 7.30. The molecule has 0 radical (unpaired) electrons. The minimum atomic E-state index is -3.51. The lowest BCUT2D eigenvalue weighted by atomic mass is 10.2. The Balaban J connectivity index is 2.07. The molecule has 1 amide bonds. The lowest BCUT2D eigenvalue weighted by molar-refractivity contribution is -0.917. The molecule has 1 saturated heterocycles. The van der Waals surface area contributed by atoms with Gasteiger partial charge in [-0.3, -0.25) is 4.79 Å². The van der Waals surface area contributed by atoms with Gasteiger partial charge >= 0.3 is 0 Å². The van der Waals surface area contributed by atoms with Crippen molar-refractivity contribution < 1.29 is 22.8 Å². The smallest absolute Gasteiger partial charge is 0.275 e. The van der Waals surface area contributed by atoms with Crippen LogP contribution in [0.25, 0.3) is 0 Å². The zero-order valence-electron chi connectivity index (χ0n) is 12.8. The minimum absolute atomic E-state index is 0.250. The normalized spacial score (nSPS) is 18.8. The number of amides is 1. The number of rotatable bonds is 5. The summed E-state index contributed by atoms with van der Waals surface area (Å²) in [4.78, 5) is 12.5. The van der Waals surface area contributed by atoms with Gasteiger partial charge in [-0.1, -0.05) is 0 Å². The molecule has 0 spiro atoms. The van der Waals surface area contributed by atoms with Crippen molar-refractivity contribution in [2.45, 2.75) is 17.9 Å². The number of nitrogens with two attached hydrogens (primary N) is 1. The van der Waals surface area contributed by atoms with E-state index in [1.54, 1.807) is 31.2 Å². The Bertz CT molecular complexity index is 622. The quantitative estimate of drug-likeness (QED) is 0.685. The van der Waals surface area contributed by atoms with E-state index in [-0.39, 0.29) is 16.8 Å². The molecular weight excluding hydrogens is 306 g/mol. The van der Waals surface area contributed by atoms with Gasteiger partial charge in [0, 0.05) is 0 Å². The predicted octanol–water partition coefficient (Wildman–Crippen LogP) is -1.54. The highest BCUT2D eigenvalue weighted by Gasteiger charge is 2.33. The summed E-state index contributed by atoms with van der Waals surface area (Å²) in [6.45, 7) is 3.66. The van der Waals surface area contributed by atoms with Gasteiger partial charge in [0.2, 0.25) is 10.0 Å². The maximum Gasteiger partial charge on any atom is 0.275 e. The second-order valence-electron chi connectivity index (χ2n) is 5.36. The number of hydrogen-bond acceptors (Lipinski definition) is 4. The van der Waals surface area contributed by atoms with Crippen molar-refractivity contribution in [3.8, 4) is 5.75 Å². The lowest BCUT2D eigenvalue weighted by Gasteiger charge is -2.33. The Kier molecular flexibility index (Phi) is 5.05. The third-order valence-corrected chi connectivity index (χ3v) is 6.01. The van der Waals surface area contributed by atoms with Gasteiger partial charge in [-0.2, -0.15) is 4.31 Å². The van der Waals surface area contributed by atoms with Crippen LogP contribution in [-0.2, 0) is 14.8 Å². The number of sulfonamides is 1. The van der Waals surface area contributed by atoms with E-state index in [2.05, 4.69) is 0 Å². The number of carbonyl (C=O) groups excluding carboxylic acids is 1. The van der Waals surface area contributed by atoms with Crippen LogP contribution in [0.5, 0.6) is 5.75 Å². The fraction of sp³-hybridized carbons (Fsp3) is 0.500. The van der Waals surface area contributed by atoms with E-state index in [0.29, 0.717) is 31.9 Å². The first-order chi connectivity index (χ1) is 10.4. The van der Waals surface area contributed by atoms with Gasteiger partial charge in [-0.25, -0.2) is 8.42 Å². The molecule has 0 aliphatic carbocycles. The summed E-state index contributed by atoms with van der Waals surface area (Å²) in [5, 5.41) is 0. The van der Waals surface area contributed by atoms with Gasteiger partial charge in [0.1, 0.15) is 5.75 Å². The molecule has 2 rings (SSSR count). The number of benzene rings is 1. The molecule has 1 heterocycles. The van der Waals surface area contributed by atoms with E-state index in [9.17, 15) is 13.2 Å². The zero-order valence-corrected chi connectivity index (χ0v) is 13.6. The molecule has 8 heteroatoms. The van der Waals surface area contributed by atoms with Crippen LogP contribution >= 0.6 is 0 Å². The van der Waals surface area contributed by atoms with Gasteiger partial charge in [0.15, 0.2) is 6.04 Å². The molecule has 1 aliphatic rings. The fourth-order valence-corrected chi connectivity index (χ4v) is 3.99. The zero-order chi connectivity index (χ0) is 16.3. The van der Waals surface area contributed by atoms with E-state index in [4.69, 9.17) is 10.5 Å². The lowest BCUT2D eigenvalue weighted by Crippen LogP contribution is -3.19. The number of nitrogens with zero attached hydrogens (tertiary/aromatic N) is 1. The van der Waals surface area contributed by atoms with Crippen LogP contribution in [0.1, 0.15) is 6.92 Å². The largest absolute Gasteiger partial charge is 0.497 e. The van der Waals surface area contributed by atoms with Gasteiger partial charge in [0.05, 0.1) is 38.2 Å². The van der Waals surface area contributed by atoms with Crippen LogP contribution in [0.4, 0.5) is 0 Å². The molecule has 1 aromatic rings. The van der Waals surface area contributed by atoms with Gasteiger partial charge in [-0.15, -0.1) is 0 Å². The third-order valence-electron chi connectivity index (χ3n) is 4.10. The number of carbonyl (C=O) groups is 1. The standard InChI is InChI=1S/C14H21N3O4S/c1-11(14(15)18)16-7-9-17(10-8-16)22(19,20)13-5-3-12(21-2)4-6-13/h3-6,11H,7-10H2,1-2H3,(H2,15,18)/p+1/t11-/m0/s1. The summed E-state index contributed by atoms with van der Waals surface area (Å²) in [5.74, 6) is 0.255. The topological polar surface area (TPSA) is 94.1 Å². The maximum absolute atomic E-state index is 12.6. The maximum atomic E-state index is 12.6. The highest BCUT2D eigenvalue weighted by molar-refractivity contribution is 7.89. The SMILES string of the molecule is COc1ccc(S(=O)(=O)N2CC[NH+]([C@@H](C)C(N)=O)CC2)cc1. The van der Waals surface area contributed by atoms with Crippen molar-refractivity contribution in [2.24, 2.45) is 5.73 Å². The number of primary amides is 1. The number of methoxy groups -OCH3 is 1. The summed E-state index contributed by atoms with van der Waals surface area (Å²) >= 11 is 0. The summed E-state index contributed by atoms with van der Waals surface area (Å²) in [5.41, 5.74) is 5.30. The molecule has 122 valence electrons. The average Bonchev–Trinajstić information content (AvgIpc) is 2.54. The van der Waals surface area contributed by atoms with Gasteiger partial charge < -0.3 is 15.4 Å². The minimum Gasteiger partial charge on any atom is -0.497 e. The number of piperazine rings is 1. The first-order valence-corrected chi connectivity index (χ1v) is 8.58. The molecule has 0 unspecified atom stereocenters. The van der Waals surface area contributed by atoms with E-state index in [1.807, 2.05) is 0 Å². The summed E-state index contributed by atoms with van der Waals surface area (Å²) in [6.07, 6.45) is 0. The third kappa shape index (κ3) is 3.40. The molecule has 3 N–H and O–H groups in total. The van der Waals surface area contributed by atoms with E-state index >= 15 is 0 Å². The number of ether oxygens (including phenoxy) is 1. The molecule has 1 atom stereocenters. The first kappa shape index (κ1) is 16.7. The molecule has 0 aromatic heterocycles. The van der Waals surface area contributed by atoms with Gasteiger partial charge in [-0.05, 0) is 31.2 Å². The van der Waals surface area contributed by atoms with Crippen LogP contribution in [0.2, 0.25) is 0 Å². The molecule has 0 bridgehead atoms. The Morgan fingerprint density at radius 3 is 2.27 bits per heavy atom. The number of nitrogens with one attached hydrogen (secondary N) is 1. The number of quaternary nitrogens is 1. The average molecular weight is 328 g/mol. The van der Waals surface area contributed by atoms with Crippen LogP contribution in [0.15, 0.2) is 29.2 Å². The summed E-state index contributed by atoms with van der Waals surface area (Å²) in [7, 11) is -1.97. The Hall–Kier alpha value is -1.64.